The Kier molecular flexibility index (Phi) is 4.14. The van der Waals surface area contributed by atoms with E-state index in [0.29, 0.717) is 5.41 Å². The Morgan fingerprint density at radius 2 is 1.94 bits per heavy atom. The minimum atomic E-state index is 0.512. The van der Waals surface area contributed by atoms with Crippen molar-refractivity contribution in [3.63, 3.8) is 0 Å². The van der Waals surface area contributed by atoms with E-state index in [4.69, 9.17) is 5.73 Å². The van der Waals surface area contributed by atoms with Crippen LogP contribution in [0.1, 0.15) is 59.3 Å². The molecule has 0 aromatic carbocycles. The van der Waals surface area contributed by atoms with E-state index < -0.39 is 0 Å². The Labute approximate surface area is 107 Å². The van der Waals surface area contributed by atoms with E-state index in [1.807, 2.05) is 0 Å². The van der Waals surface area contributed by atoms with Crippen LogP contribution < -0.4 is 5.73 Å². The van der Waals surface area contributed by atoms with Crippen LogP contribution in [0.3, 0.4) is 0 Å². The summed E-state index contributed by atoms with van der Waals surface area (Å²) in [5, 5.41) is 0. The van der Waals surface area contributed by atoms with E-state index in [2.05, 4.69) is 25.7 Å². The van der Waals surface area contributed by atoms with Crippen LogP contribution in [-0.4, -0.2) is 30.1 Å². The van der Waals surface area contributed by atoms with Crippen molar-refractivity contribution in [2.24, 2.45) is 17.1 Å². The van der Waals surface area contributed by atoms with Crippen LogP contribution in [0, 0.1) is 11.3 Å². The van der Waals surface area contributed by atoms with E-state index in [0.717, 1.165) is 24.5 Å². The fourth-order valence-electron chi connectivity index (χ4n) is 4.34. The summed E-state index contributed by atoms with van der Waals surface area (Å²) in [6.07, 6.45) is 8.32. The van der Waals surface area contributed by atoms with Crippen LogP contribution >= 0.6 is 0 Å². The summed E-state index contributed by atoms with van der Waals surface area (Å²) in [6, 6.07) is 1.57. The molecule has 17 heavy (non-hydrogen) atoms. The Morgan fingerprint density at radius 1 is 1.18 bits per heavy atom. The predicted octanol–water partition coefficient (Wildman–Crippen LogP) is 3.01. The highest BCUT2D eigenvalue weighted by atomic mass is 15.2. The van der Waals surface area contributed by atoms with E-state index in [1.165, 1.54) is 45.1 Å². The monoisotopic (exact) mass is 238 g/mol. The van der Waals surface area contributed by atoms with Gasteiger partial charge in [-0.25, -0.2) is 0 Å². The van der Waals surface area contributed by atoms with Gasteiger partial charge in [0, 0.05) is 12.1 Å². The molecule has 0 spiro atoms. The highest BCUT2D eigenvalue weighted by Gasteiger charge is 2.42. The van der Waals surface area contributed by atoms with Gasteiger partial charge in [-0.2, -0.15) is 0 Å². The van der Waals surface area contributed by atoms with Gasteiger partial charge in [0.15, 0.2) is 0 Å². The Bertz CT molecular complexity index is 249. The summed E-state index contributed by atoms with van der Waals surface area (Å²) in [7, 11) is 0. The second kappa shape index (κ2) is 5.27. The number of nitrogens with two attached hydrogens (primary N) is 1. The van der Waals surface area contributed by atoms with Crippen LogP contribution in [0.15, 0.2) is 0 Å². The van der Waals surface area contributed by atoms with Gasteiger partial charge in [-0.15, -0.1) is 0 Å². The molecule has 3 unspecified atom stereocenters. The molecule has 0 saturated heterocycles. The molecular weight excluding hydrogens is 208 g/mol. The molecule has 0 aromatic rings. The van der Waals surface area contributed by atoms with Gasteiger partial charge in [0.2, 0.25) is 0 Å². The SMILES string of the molecule is CCN(C1CCCC1CN)C1CCCC1(C)C. The second-order valence-electron chi connectivity index (χ2n) is 6.72. The lowest BCUT2D eigenvalue weighted by Gasteiger charge is -2.42. The second-order valence-corrected chi connectivity index (χ2v) is 6.72. The Balaban J connectivity index is 2.10. The third kappa shape index (κ3) is 2.53. The molecule has 0 heterocycles. The molecule has 0 aromatic heterocycles. The van der Waals surface area contributed by atoms with E-state index in [9.17, 15) is 0 Å². The van der Waals surface area contributed by atoms with Crippen LogP contribution in [0.5, 0.6) is 0 Å². The third-order valence-electron chi connectivity index (χ3n) is 5.31. The summed E-state index contributed by atoms with van der Waals surface area (Å²) >= 11 is 0. The van der Waals surface area contributed by atoms with Crippen molar-refractivity contribution in [2.45, 2.75) is 71.4 Å². The molecule has 0 bridgehead atoms. The molecule has 3 atom stereocenters. The Morgan fingerprint density at radius 3 is 2.47 bits per heavy atom. The third-order valence-corrected chi connectivity index (χ3v) is 5.31. The molecule has 2 fully saturated rings. The number of nitrogens with zero attached hydrogens (tertiary/aromatic N) is 1. The molecule has 0 radical (unpaired) electrons. The minimum absolute atomic E-state index is 0.512. The topological polar surface area (TPSA) is 29.3 Å². The molecule has 2 rings (SSSR count). The highest BCUT2D eigenvalue weighted by Crippen LogP contribution is 2.43. The van der Waals surface area contributed by atoms with Crippen molar-refractivity contribution in [2.75, 3.05) is 13.1 Å². The Hall–Kier alpha value is -0.0800. The van der Waals surface area contributed by atoms with Crippen molar-refractivity contribution in [3.05, 3.63) is 0 Å². The van der Waals surface area contributed by atoms with Gasteiger partial charge in [-0.05, 0) is 50.1 Å². The van der Waals surface area contributed by atoms with Gasteiger partial charge < -0.3 is 5.73 Å². The van der Waals surface area contributed by atoms with E-state index >= 15 is 0 Å². The zero-order valence-electron chi connectivity index (χ0n) is 11.9. The van der Waals surface area contributed by atoms with Crippen molar-refractivity contribution in [1.29, 1.82) is 0 Å². The maximum atomic E-state index is 5.96. The van der Waals surface area contributed by atoms with Gasteiger partial charge in [0.1, 0.15) is 0 Å². The van der Waals surface area contributed by atoms with E-state index in [-0.39, 0.29) is 0 Å². The normalized spacial score (nSPS) is 36.9. The molecule has 2 heteroatoms. The molecule has 2 aliphatic carbocycles. The van der Waals surface area contributed by atoms with Gasteiger partial charge in [0.25, 0.3) is 0 Å². The van der Waals surface area contributed by atoms with Gasteiger partial charge in [-0.1, -0.05) is 33.6 Å². The number of hydrogen-bond acceptors (Lipinski definition) is 2. The number of hydrogen-bond donors (Lipinski definition) is 1. The maximum absolute atomic E-state index is 5.96. The molecule has 0 amide bonds. The summed E-state index contributed by atoms with van der Waals surface area (Å²) in [5.74, 6) is 0.756. The summed E-state index contributed by atoms with van der Waals surface area (Å²) in [6.45, 7) is 9.34. The van der Waals surface area contributed by atoms with Gasteiger partial charge in [0.05, 0.1) is 0 Å². The molecule has 2 aliphatic rings. The van der Waals surface area contributed by atoms with Gasteiger partial charge >= 0.3 is 0 Å². The van der Waals surface area contributed by atoms with Crippen LogP contribution in [0.4, 0.5) is 0 Å². The van der Waals surface area contributed by atoms with Gasteiger partial charge in [-0.3, -0.25) is 4.90 Å². The lowest BCUT2D eigenvalue weighted by molar-refractivity contribution is 0.0583. The smallest absolute Gasteiger partial charge is 0.0149 e. The highest BCUT2D eigenvalue weighted by molar-refractivity contribution is 4.97. The zero-order valence-corrected chi connectivity index (χ0v) is 11.9. The van der Waals surface area contributed by atoms with Crippen molar-refractivity contribution in [1.82, 2.24) is 4.90 Å². The van der Waals surface area contributed by atoms with E-state index in [1.54, 1.807) is 0 Å². The average molecular weight is 238 g/mol. The molecule has 2 N–H and O–H groups in total. The fraction of sp³-hybridized carbons (Fsp3) is 1.00. The average Bonchev–Trinajstić information content (AvgIpc) is 2.87. The first-order valence-electron chi connectivity index (χ1n) is 7.56. The van der Waals surface area contributed by atoms with Crippen LogP contribution in [0.2, 0.25) is 0 Å². The van der Waals surface area contributed by atoms with Crippen LogP contribution in [0.25, 0.3) is 0 Å². The first-order valence-corrected chi connectivity index (χ1v) is 7.56. The van der Waals surface area contributed by atoms with Crippen molar-refractivity contribution in [3.8, 4) is 0 Å². The summed E-state index contributed by atoms with van der Waals surface area (Å²) < 4.78 is 0. The van der Waals surface area contributed by atoms with Crippen LogP contribution in [-0.2, 0) is 0 Å². The molecule has 0 aliphatic heterocycles. The molecule has 100 valence electrons. The first kappa shape index (κ1) is 13.4. The standard InChI is InChI=1S/C15H30N2/c1-4-17(13-8-5-7-12(13)11-16)14-9-6-10-15(14,2)3/h12-14H,4-11,16H2,1-3H3. The molecule has 2 nitrogen and oxygen atoms in total. The zero-order chi connectivity index (χ0) is 12.5. The predicted molar refractivity (Wildman–Crippen MR) is 74.0 cm³/mol. The minimum Gasteiger partial charge on any atom is -0.330 e. The summed E-state index contributed by atoms with van der Waals surface area (Å²) in [5.41, 5.74) is 6.47. The molecular formula is C15H30N2. The quantitative estimate of drug-likeness (QED) is 0.816. The largest absolute Gasteiger partial charge is 0.330 e. The molecule has 2 saturated carbocycles. The van der Waals surface area contributed by atoms with Crippen molar-refractivity contribution < 1.29 is 0 Å². The number of rotatable bonds is 4. The fourth-order valence-corrected chi connectivity index (χ4v) is 4.34. The first-order chi connectivity index (χ1) is 8.10. The van der Waals surface area contributed by atoms with Crippen molar-refractivity contribution >= 4 is 0 Å². The lowest BCUT2D eigenvalue weighted by Crippen LogP contribution is -2.50. The summed E-state index contributed by atoms with van der Waals surface area (Å²) in [4.78, 5) is 2.80. The lowest BCUT2D eigenvalue weighted by atomic mass is 9.84. The maximum Gasteiger partial charge on any atom is 0.0149 e.